The second kappa shape index (κ2) is 13.7. The number of unbranched alkanes of at least 4 members (excludes halogenated alkanes) is 4. The van der Waals surface area contributed by atoms with E-state index in [0.717, 1.165) is 44.8 Å². The molecule has 0 aromatic heterocycles. The van der Waals surface area contributed by atoms with Crippen molar-refractivity contribution >= 4 is 12.3 Å². The van der Waals surface area contributed by atoms with Gasteiger partial charge >= 0.3 is 5.97 Å². The molecule has 0 radical (unpaired) electrons. The van der Waals surface area contributed by atoms with E-state index in [1.807, 2.05) is 18.2 Å². The van der Waals surface area contributed by atoms with E-state index in [9.17, 15) is 9.59 Å². The van der Waals surface area contributed by atoms with Crippen LogP contribution in [0.5, 0.6) is 0 Å². The zero-order chi connectivity index (χ0) is 13.5. The summed E-state index contributed by atoms with van der Waals surface area (Å²) in [4.78, 5) is 21.3. The summed E-state index contributed by atoms with van der Waals surface area (Å²) in [6.45, 7) is 2.50. The van der Waals surface area contributed by atoms with Crippen LogP contribution in [0.4, 0.5) is 0 Å². The van der Waals surface area contributed by atoms with E-state index in [-0.39, 0.29) is 5.97 Å². The maximum Gasteiger partial charge on any atom is 0.306 e. The Balaban J connectivity index is 3.31. The molecule has 0 amide bonds. The number of carbonyl (C=O) groups excluding carboxylic acids is 2. The van der Waals surface area contributed by atoms with Gasteiger partial charge in [-0.2, -0.15) is 0 Å². The van der Waals surface area contributed by atoms with Crippen LogP contribution in [0.2, 0.25) is 0 Å². The van der Waals surface area contributed by atoms with Crippen LogP contribution in [0.15, 0.2) is 24.3 Å². The quantitative estimate of drug-likeness (QED) is 0.185. The van der Waals surface area contributed by atoms with Gasteiger partial charge in [0.15, 0.2) is 0 Å². The highest BCUT2D eigenvalue weighted by Crippen LogP contribution is 2.04. The molecule has 0 bridgehead atoms. The summed E-state index contributed by atoms with van der Waals surface area (Å²) in [6, 6.07) is 0. The molecule has 0 fully saturated rings. The Morgan fingerprint density at radius 1 is 1.06 bits per heavy atom. The fourth-order valence-corrected chi connectivity index (χ4v) is 1.43. The van der Waals surface area contributed by atoms with Gasteiger partial charge < -0.3 is 4.74 Å². The lowest BCUT2D eigenvalue weighted by molar-refractivity contribution is -0.142. The lowest BCUT2D eigenvalue weighted by atomic mass is 10.1. The van der Waals surface area contributed by atoms with E-state index in [2.05, 4.69) is 6.92 Å². The first kappa shape index (κ1) is 16.6. The Morgan fingerprint density at radius 2 is 1.89 bits per heavy atom. The molecule has 0 heterocycles. The Bertz CT molecular complexity index is 267. The number of esters is 1. The van der Waals surface area contributed by atoms with Crippen LogP contribution in [0.3, 0.4) is 0 Å². The summed E-state index contributed by atoms with van der Waals surface area (Å²) < 4.78 is 5.05. The van der Waals surface area contributed by atoms with Crippen molar-refractivity contribution in [3.05, 3.63) is 24.3 Å². The fraction of sp³-hybridized carbons (Fsp3) is 0.600. The third kappa shape index (κ3) is 12.7. The van der Waals surface area contributed by atoms with E-state index in [0.29, 0.717) is 13.0 Å². The number of aldehydes is 1. The third-order valence-electron chi connectivity index (χ3n) is 2.43. The largest absolute Gasteiger partial charge is 0.461 e. The van der Waals surface area contributed by atoms with Gasteiger partial charge in [-0.15, -0.1) is 0 Å². The molecule has 0 aromatic rings. The summed E-state index contributed by atoms with van der Waals surface area (Å²) >= 11 is 0. The van der Waals surface area contributed by atoms with Crippen molar-refractivity contribution in [2.24, 2.45) is 0 Å². The first-order valence-electron chi connectivity index (χ1n) is 6.72. The number of rotatable bonds is 11. The molecule has 0 atom stereocenters. The number of hydrogen-bond acceptors (Lipinski definition) is 3. The second-order valence-electron chi connectivity index (χ2n) is 4.11. The smallest absolute Gasteiger partial charge is 0.306 e. The van der Waals surface area contributed by atoms with Crippen molar-refractivity contribution in [2.45, 2.75) is 51.9 Å². The molecule has 0 aliphatic rings. The van der Waals surface area contributed by atoms with E-state index in [4.69, 9.17) is 4.74 Å². The molecular formula is C15H24O3. The second-order valence-corrected chi connectivity index (χ2v) is 4.11. The topological polar surface area (TPSA) is 43.4 Å². The summed E-state index contributed by atoms with van der Waals surface area (Å²) in [5.74, 6) is -0.125. The SMILES string of the molecule is CCC/C=C/COC(=O)CCCCC/C=C/C=O. The number of allylic oxidation sites excluding steroid dienone is 3. The highest BCUT2D eigenvalue weighted by atomic mass is 16.5. The predicted octanol–water partition coefficient (Wildman–Crippen LogP) is 3.59. The molecule has 0 saturated carbocycles. The van der Waals surface area contributed by atoms with Crippen LogP contribution in [0.1, 0.15) is 51.9 Å². The van der Waals surface area contributed by atoms with E-state index < -0.39 is 0 Å². The highest BCUT2D eigenvalue weighted by Gasteiger charge is 2.00. The minimum absolute atomic E-state index is 0.125. The lowest BCUT2D eigenvalue weighted by Crippen LogP contribution is -2.03. The van der Waals surface area contributed by atoms with Gasteiger partial charge in [0.25, 0.3) is 0 Å². The lowest BCUT2D eigenvalue weighted by Gasteiger charge is -2.01. The minimum atomic E-state index is -0.125. The third-order valence-corrected chi connectivity index (χ3v) is 2.43. The molecule has 0 rings (SSSR count). The van der Waals surface area contributed by atoms with Crippen LogP contribution in [-0.4, -0.2) is 18.9 Å². The van der Waals surface area contributed by atoms with Gasteiger partial charge in [-0.3, -0.25) is 9.59 Å². The van der Waals surface area contributed by atoms with Gasteiger partial charge in [0.2, 0.25) is 0 Å². The van der Waals surface area contributed by atoms with Gasteiger partial charge in [-0.05, 0) is 31.8 Å². The Labute approximate surface area is 110 Å². The van der Waals surface area contributed by atoms with E-state index in [1.165, 1.54) is 6.08 Å². The average molecular weight is 252 g/mol. The Kier molecular flexibility index (Phi) is 12.6. The van der Waals surface area contributed by atoms with Crippen LogP contribution in [0, 0.1) is 0 Å². The summed E-state index contributed by atoms with van der Waals surface area (Å²) in [5.41, 5.74) is 0. The summed E-state index contributed by atoms with van der Waals surface area (Å²) in [7, 11) is 0. The summed E-state index contributed by atoms with van der Waals surface area (Å²) in [6.07, 6.45) is 14.5. The monoisotopic (exact) mass is 252 g/mol. The first-order chi connectivity index (χ1) is 8.81. The minimum Gasteiger partial charge on any atom is -0.461 e. The van der Waals surface area contributed by atoms with Crippen molar-refractivity contribution in [3.63, 3.8) is 0 Å². The Morgan fingerprint density at radius 3 is 2.61 bits per heavy atom. The van der Waals surface area contributed by atoms with Crippen LogP contribution in [-0.2, 0) is 14.3 Å². The molecule has 3 nitrogen and oxygen atoms in total. The van der Waals surface area contributed by atoms with Gasteiger partial charge in [0, 0.05) is 6.42 Å². The van der Waals surface area contributed by atoms with E-state index in [1.54, 1.807) is 0 Å². The zero-order valence-electron chi connectivity index (χ0n) is 11.3. The molecule has 0 unspecified atom stereocenters. The van der Waals surface area contributed by atoms with Crippen molar-refractivity contribution in [1.82, 2.24) is 0 Å². The van der Waals surface area contributed by atoms with Gasteiger partial charge in [-0.1, -0.05) is 38.0 Å². The molecule has 3 heteroatoms. The van der Waals surface area contributed by atoms with Crippen molar-refractivity contribution in [1.29, 1.82) is 0 Å². The Hall–Kier alpha value is -1.38. The molecule has 0 aliphatic heterocycles. The van der Waals surface area contributed by atoms with Crippen molar-refractivity contribution in [3.8, 4) is 0 Å². The van der Waals surface area contributed by atoms with Crippen LogP contribution >= 0.6 is 0 Å². The van der Waals surface area contributed by atoms with Crippen molar-refractivity contribution in [2.75, 3.05) is 6.61 Å². The molecule has 0 aliphatic carbocycles. The van der Waals surface area contributed by atoms with Gasteiger partial charge in [0.05, 0.1) is 0 Å². The van der Waals surface area contributed by atoms with Gasteiger partial charge in [0.1, 0.15) is 12.9 Å². The number of carbonyl (C=O) groups is 2. The zero-order valence-corrected chi connectivity index (χ0v) is 11.3. The molecule has 0 aromatic carbocycles. The van der Waals surface area contributed by atoms with E-state index >= 15 is 0 Å². The predicted molar refractivity (Wildman–Crippen MR) is 73.3 cm³/mol. The maximum absolute atomic E-state index is 11.3. The fourth-order valence-electron chi connectivity index (χ4n) is 1.43. The number of hydrogen-bond donors (Lipinski definition) is 0. The maximum atomic E-state index is 11.3. The molecule has 0 N–H and O–H groups in total. The molecule has 102 valence electrons. The van der Waals surface area contributed by atoms with Crippen LogP contribution < -0.4 is 0 Å². The molecular weight excluding hydrogens is 228 g/mol. The molecule has 18 heavy (non-hydrogen) atoms. The van der Waals surface area contributed by atoms with Crippen molar-refractivity contribution < 1.29 is 14.3 Å². The van der Waals surface area contributed by atoms with Crippen LogP contribution in [0.25, 0.3) is 0 Å². The molecule has 0 spiro atoms. The number of ether oxygens (including phenoxy) is 1. The highest BCUT2D eigenvalue weighted by molar-refractivity contribution is 5.69. The average Bonchev–Trinajstić information content (AvgIpc) is 2.37. The first-order valence-corrected chi connectivity index (χ1v) is 6.72. The normalized spacial score (nSPS) is 11.2. The van der Waals surface area contributed by atoms with Gasteiger partial charge in [-0.25, -0.2) is 0 Å². The summed E-state index contributed by atoms with van der Waals surface area (Å²) in [5, 5.41) is 0. The molecule has 0 saturated heterocycles. The standard InChI is InChI=1S/C15H24O3/c1-2-3-4-11-14-18-15(17)12-9-7-5-6-8-10-13-16/h4,8,10-11,13H,2-3,5-7,9,12,14H2,1H3/b10-8+,11-4+.